The van der Waals surface area contributed by atoms with Crippen LogP contribution in [0, 0.1) is 11.3 Å². The van der Waals surface area contributed by atoms with Crippen molar-refractivity contribution in [3.05, 3.63) is 0 Å². The molecule has 0 bridgehead atoms. The van der Waals surface area contributed by atoms with Gasteiger partial charge in [0.05, 0.1) is 12.7 Å². The molecule has 2 saturated heterocycles. The van der Waals surface area contributed by atoms with Gasteiger partial charge in [0.2, 0.25) is 0 Å². The van der Waals surface area contributed by atoms with Crippen molar-refractivity contribution in [1.29, 1.82) is 0 Å². The number of rotatable bonds is 8. The molecular formula is C21H41N3O. The first-order valence-electron chi connectivity index (χ1n) is 10.8. The third-order valence-electron chi connectivity index (χ3n) is 6.60. The van der Waals surface area contributed by atoms with Crippen LogP contribution < -0.4 is 0 Å². The molecule has 1 saturated carbocycles. The van der Waals surface area contributed by atoms with Gasteiger partial charge in [-0.15, -0.1) is 0 Å². The number of hydrogen-bond acceptors (Lipinski definition) is 4. The topological polar surface area (TPSA) is 19.0 Å². The number of hydrogen-bond donors (Lipinski definition) is 0. The standard InChI is InChI=1S/C21H41N3O/c1-18(2)24-9-5-20(6-10-24)15-22-11-13-23(14-12-22)16-21(7-8-21)17-25-19(3)4/h18-20H,5-17H2,1-4H3. The van der Waals surface area contributed by atoms with E-state index in [1.807, 2.05) is 0 Å². The highest BCUT2D eigenvalue weighted by Gasteiger charge is 2.44. The van der Waals surface area contributed by atoms with Crippen molar-refractivity contribution in [3.8, 4) is 0 Å². The summed E-state index contributed by atoms with van der Waals surface area (Å²) < 4.78 is 5.92. The van der Waals surface area contributed by atoms with Crippen LogP contribution in [0.4, 0.5) is 0 Å². The molecule has 1 aliphatic carbocycles. The quantitative estimate of drug-likeness (QED) is 0.669. The van der Waals surface area contributed by atoms with Gasteiger partial charge in [-0.05, 0) is 72.4 Å². The number of piperazine rings is 1. The highest BCUT2D eigenvalue weighted by Crippen LogP contribution is 2.46. The van der Waals surface area contributed by atoms with Crippen LogP contribution in [0.5, 0.6) is 0 Å². The first-order chi connectivity index (χ1) is 12.0. The van der Waals surface area contributed by atoms with E-state index in [0.29, 0.717) is 11.5 Å². The molecule has 2 aliphatic heterocycles. The maximum Gasteiger partial charge on any atom is 0.0538 e. The Morgan fingerprint density at radius 3 is 2.00 bits per heavy atom. The molecule has 0 N–H and O–H groups in total. The van der Waals surface area contributed by atoms with Crippen LogP contribution in [-0.4, -0.2) is 85.8 Å². The second-order valence-corrected chi connectivity index (χ2v) is 9.51. The Hall–Kier alpha value is -0.160. The van der Waals surface area contributed by atoms with Gasteiger partial charge in [0.1, 0.15) is 0 Å². The monoisotopic (exact) mass is 351 g/mol. The van der Waals surface area contributed by atoms with Crippen LogP contribution in [-0.2, 0) is 4.74 Å². The fourth-order valence-corrected chi connectivity index (χ4v) is 4.49. The predicted molar refractivity (Wildman–Crippen MR) is 105 cm³/mol. The lowest BCUT2D eigenvalue weighted by atomic mass is 9.95. The van der Waals surface area contributed by atoms with Crippen molar-refractivity contribution in [2.24, 2.45) is 11.3 Å². The molecule has 146 valence electrons. The smallest absolute Gasteiger partial charge is 0.0538 e. The highest BCUT2D eigenvalue weighted by molar-refractivity contribution is 4.96. The highest BCUT2D eigenvalue weighted by atomic mass is 16.5. The average molecular weight is 352 g/mol. The van der Waals surface area contributed by atoms with Gasteiger partial charge in [-0.1, -0.05) is 0 Å². The number of likely N-dealkylation sites (tertiary alicyclic amines) is 1. The van der Waals surface area contributed by atoms with Crippen LogP contribution in [0.15, 0.2) is 0 Å². The molecule has 0 aromatic heterocycles. The van der Waals surface area contributed by atoms with E-state index in [1.54, 1.807) is 0 Å². The summed E-state index contributed by atoms with van der Waals surface area (Å²) in [7, 11) is 0. The van der Waals surface area contributed by atoms with Crippen molar-refractivity contribution in [2.75, 3.05) is 59.0 Å². The van der Waals surface area contributed by atoms with Crippen LogP contribution in [0.3, 0.4) is 0 Å². The molecule has 0 radical (unpaired) electrons. The maximum atomic E-state index is 5.92. The zero-order valence-electron chi connectivity index (χ0n) is 17.2. The van der Waals surface area contributed by atoms with E-state index >= 15 is 0 Å². The molecule has 3 aliphatic rings. The summed E-state index contributed by atoms with van der Waals surface area (Å²) in [5.41, 5.74) is 0.496. The second-order valence-electron chi connectivity index (χ2n) is 9.51. The minimum Gasteiger partial charge on any atom is -0.378 e. The van der Waals surface area contributed by atoms with Crippen molar-refractivity contribution in [1.82, 2.24) is 14.7 Å². The normalized spacial score (nSPS) is 26.6. The summed E-state index contributed by atoms with van der Waals surface area (Å²) in [4.78, 5) is 8.08. The van der Waals surface area contributed by atoms with E-state index in [-0.39, 0.29) is 0 Å². The Bertz CT molecular complexity index is 392. The van der Waals surface area contributed by atoms with Gasteiger partial charge < -0.3 is 19.4 Å². The average Bonchev–Trinajstić information content (AvgIpc) is 3.35. The number of piperidine rings is 1. The van der Waals surface area contributed by atoms with Crippen molar-refractivity contribution in [3.63, 3.8) is 0 Å². The summed E-state index contributed by atoms with van der Waals surface area (Å²) in [5.74, 6) is 0.927. The van der Waals surface area contributed by atoms with E-state index < -0.39 is 0 Å². The number of nitrogens with zero attached hydrogens (tertiary/aromatic N) is 3. The fourth-order valence-electron chi connectivity index (χ4n) is 4.49. The van der Waals surface area contributed by atoms with Gasteiger partial charge in [0.25, 0.3) is 0 Å². The van der Waals surface area contributed by atoms with Gasteiger partial charge in [0, 0.05) is 50.7 Å². The first-order valence-corrected chi connectivity index (χ1v) is 10.8. The third kappa shape index (κ3) is 5.92. The summed E-state index contributed by atoms with van der Waals surface area (Å²) in [6, 6.07) is 0.721. The summed E-state index contributed by atoms with van der Waals surface area (Å²) in [6.45, 7) is 20.2. The SMILES string of the molecule is CC(C)OCC1(CN2CCN(CC3CCN(C(C)C)CC3)CC2)CC1. The van der Waals surface area contributed by atoms with Crippen LogP contribution in [0.1, 0.15) is 53.4 Å². The third-order valence-corrected chi connectivity index (χ3v) is 6.60. The minimum atomic E-state index is 0.372. The van der Waals surface area contributed by atoms with Crippen molar-refractivity contribution < 1.29 is 4.74 Å². The zero-order valence-corrected chi connectivity index (χ0v) is 17.2. The Morgan fingerprint density at radius 2 is 1.48 bits per heavy atom. The first kappa shape index (κ1) is 19.6. The lowest BCUT2D eigenvalue weighted by Gasteiger charge is -2.40. The molecule has 2 heterocycles. The Kier molecular flexibility index (Phi) is 6.81. The summed E-state index contributed by atoms with van der Waals surface area (Å²) in [5, 5.41) is 0. The van der Waals surface area contributed by atoms with Crippen LogP contribution in [0.2, 0.25) is 0 Å². The summed E-state index contributed by atoms with van der Waals surface area (Å²) in [6.07, 6.45) is 5.90. The van der Waals surface area contributed by atoms with E-state index in [0.717, 1.165) is 18.6 Å². The van der Waals surface area contributed by atoms with E-state index in [2.05, 4.69) is 42.4 Å². The molecule has 4 heteroatoms. The van der Waals surface area contributed by atoms with Gasteiger partial charge >= 0.3 is 0 Å². The minimum absolute atomic E-state index is 0.372. The molecule has 3 rings (SSSR count). The molecule has 0 unspecified atom stereocenters. The Labute approximate surface area is 155 Å². The Morgan fingerprint density at radius 1 is 0.880 bits per heavy atom. The molecule has 4 nitrogen and oxygen atoms in total. The molecule has 0 amide bonds. The molecule has 0 aromatic rings. The molecule has 0 spiro atoms. The maximum absolute atomic E-state index is 5.92. The fraction of sp³-hybridized carbons (Fsp3) is 1.00. The van der Waals surface area contributed by atoms with Gasteiger partial charge in [0.15, 0.2) is 0 Å². The van der Waals surface area contributed by atoms with Crippen LogP contribution in [0.25, 0.3) is 0 Å². The molecule has 25 heavy (non-hydrogen) atoms. The number of ether oxygens (including phenoxy) is 1. The Balaban J connectivity index is 1.33. The van der Waals surface area contributed by atoms with Gasteiger partial charge in [-0.3, -0.25) is 0 Å². The molecular weight excluding hydrogens is 310 g/mol. The van der Waals surface area contributed by atoms with Crippen molar-refractivity contribution in [2.45, 2.75) is 65.5 Å². The molecule has 3 fully saturated rings. The lowest BCUT2D eigenvalue weighted by molar-refractivity contribution is 0.0209. The van der Waals surface area contributed by atoms with Crippen LogP contribution >= 0.6 is 0 Å². The van der Waals surface area contributed by atoms with E-state index in [9.17, 15) is 0 Å². The van der Waals surface area contributed by atoms with Gasteiger partial charge in [-0.2, -0.15) is 0 Å². The molecule has 0 aromatic carbocycles. The zero-order chi connectivity index (χ0) is 17.9. The second kappa shape index (κ2) is 8.69. The summed E-state index contributed by atoms with van der Waals surface area (Å²) >= 11 is 0. The van der Waals surface area contributed by atoms with Crippen molar-refractivity contribution >= 4 is 0 Å². The molecule has 0 atom stereocenters. The van der Waals surface area contributed by atoms with E-state index in [4.69, 9.17) is 4.74 Å². The van der Waals surface area contributed by atoms with E-state index in [1.165, 1.54) is 78.0 Å². The van der Waals surface area contributed by atoms with Gasteiger partial charge in [-0.25, -0.2) is 0 Å². The predicted octanol–water partition coefficient (Wildman–Crippen LogP) is 2.93. The largest absolute Gasteiger partial charge is 0.378 e. The lowest BCUT2D eigenvalue weighted by Crippen LogP contribution is -2.50.